The Bertz CT molecular complexity index is 1260. The van der Waals surface area contributed by atoms with Gasteiger partial charge in [0.2, 0.25) is 5.91 Å². The fraction of sp³-hybridized carbons (Fsp3) is 0.381. The number of rotatable bonds is 5. The maximum atomic E-state index is 12.1. The predicted octanol–water partition coefficient (Wildman–Crippen LogP) is 2.04. The molecule has 31 heavy (non-hydrogen) atoms. The minimum Gasteiger partial charge on any atom is -0.366 e. The van der Waals surface area contributed by atoms with E-state index in [-0.39, 0.29) is 6.04 Å². The first-order chi connectivity index (χ1) is 15.0. The number of aryl methyl sites for hydroxylation is 2. The number of carbonyl (C=O) groups excluding carboxylic acids is 1. The Morgan fingerprint density at radius 2 is 2.10 bits per heavy atom. The van der Waals surface area contributed by atoms with Crippen LogP contribution in [0.3, 0.4) is 0 Å². The molecule has 0 radical (unpaired) electrons. The number of hydrogen-bond acceptors (Lipinski definition) is 6. The zero-order valence-electron chi connectivity index (χ0n) is 17.6. The topological polar surface area (TPSA) is 132 Å². The van der Waals surface area contributed by atoms with Gasteiger partial charge in [0.05, 0.1) is 23.4 Å². The van der Waals surface area contributed by atoms with Crippen LogP contribution in [0.4, 0.5) is 0 Å². The molecule has 4 N–H and O–H groups in total. The monoisotopic (exact) mass is 419 g/mol. The van der Waals surface area contributed by atoms with Crippen LogP contribution in [0.1, 0.15) is 41.9 Å². The van der Waals surface area contributed by atoms with E-state index >= 15 is 0 Å². The van der Waals surface area contributed by atoms with Gasteiger partial charge in [-0.1, -0.05) is 0 Å². The summed E-state index contributed by atoms with van der Waals surface area (Å²) in [5.74, 6) is 0.696. The molecule has 0 unspecified atom stereocenters. The lowest BCUT2D eigenvalue weighted by Gasteiger charge is -2.24. The van der Waals surface area contributed by atoms with Crippen LogP contribution in [0.2, 0.25) is 0 Å². The molecule has 1 aliphatic heterocycles. The number of aromatic nitrogens is 7. The summed E-state index contributed by atoms with van der Waals surface area (Å²) in [6, 6.07) is 5.77. The molecular weight excluding hydrogens is 394 g/mol. The summed E-state index contributed by atoms with van der Waals surface area (Å²) in [7, 11) is 0. The summed E-state index contributed by atoms with van der Waals surface area (Å²) in [5, 5.41) is 22.2. The van der Waals surface area contributed by atoms with Crippen LogP contribution in [0.15, 0.2) is 24.4 Å². The van der Waals surface area contributed by atoms with Gasteiger partial charge in [-0.25, -0.2) is 0 Å². The molecule has 0 bridgehead atoms. The number of fused-ring (bicyclic) bond motifs is 1. The minimum atomic E-state index is -0.489. The number of hydrogen-bond donors (Lipinski definition) is 3. The summed E-state index contributed by atoms with van der Waals surface area (Å²) in [4.78, 5) is 15.4. The van der Waals surface area contributed by atoms with Crippen molar-refractivity contribution >= 4 is 16.8 Å². The van der Waals surface area contributed by atoms with E-state index in [2.05, 4.69) is 30.7 Å². The van der Waals surface area contributed by atoms with E-state index in [0.717, 1.165) is 60.3 Å². The van der Waals surface area contributed by atoms with Crippen LogP contribution in [0, 0.1) is 6.92 Å². The SMILES string of the molecule is CCn1nc(C)cc1-c1nnc(-c2cc(C(N)=O)cc3c2cnn3[C@H]2CCCNC2)[nH]1. The van der Waals surface area contributed by atoms with Crippen molar-refractivity contribution in [1.82, 2.24) is 40.1 Å². The molecule has 10 heteroatoms. The summed E-state index contributed by atoms with van der Waals surface area (Å²) in [6.45, 7) is 6.56. The third kappa shape index (κ3) is 3.38. The third-order valence-electron chi connectivity index (χ3n) is 5.80. The van der Waals surface area contributed by atoms with Gasteiger partial charge >= 0.3 is 0 Å². The maximum Gasteiger partial charge on any atom is 0.248 e. The van der Waals surface area contributed by atoms with Gasteiger partial charge in [0, 0.05) is 29.6 Å². The van der Waals surface area contributed by atoms with Crippen molar-refractivity contribution in [3.05, 3.63) is 35.7 Å². The molecule has 5 rings (SSSR count). The molecule has 1 saturated heterocycles. The quantitative estimate of drug-likeness (QED) is 0.453. The van der Waals surface area contributed by atoms with Gasteiger partial charge in [-0.05, 0) is 51.4 Å². The molecule has 3 aromatic heterocycles. The minimum absolute atomic E-state index is 0.231. The van der Waals surface area contributed by atoms with Gasteiger partial charge in [-0.2, -0.15) is 10.2 Å². The lowest BCUT2D eigenvalue weighted by molar-refractivity contribution is 0.100. The maximum absolute atomic E-state index is 12.1. The number of benzene rings is 1. The molecule has 0 saturated carbocycles. The highest BCUT2D eigenvalue weighted by Gasteiger charge is 2.22. The van der Waals surface area contributed by atoms with Crippen molar-refractivity contribution in [3.63, 3.8) is 0 Å². The van der Waals surface area contributed by atoms with Gasteiger partial charge in [0.1, 0.15) is 5.69 Å². The Hall–Kier alpha value is -3.53. The number of aromatic amines is 1. The second kappa shape index (κ2) is 7.62. The van der Waals surface area contributed by atoms with Crippen LogP contribution in [-0.4, -0.2) is 53.7 Å². The molecule has 0 spiro atoms. The molecule has 1 aromatic carbocycles. The Kier molecular flexibility index (Phi) is 4.78. The van der Waals surface area contributed by atoms with Gasteiger partial charge in [0.15, 0.2) is 11.6 Å². The molecule has 4 heterocycles. The van der Waals surface area contributed by atoms with E-state index in [4.69, 9.17) is 5.73 Å². The number of nitrogens with one attached hydrogen (secondary N) is 2. The summed E-state index contributed by atoms with van der Waals surface area (Å²) in [5.41, 5.74) is 9.46. The first-order valence-electron chi connectivity index (χ1n) is 10.5. The smallest absolute Gasteiger partial charge is 0.248 e. The molecule has 1 fully saturated rings. The molecule has 160 valence electrons. The number of nitrogens with zero attached hydrogens (tertiary/aromatic N) is 6. The van der Waals surface area contributed by atoms with Gasteiger partial charge in [-0.3, -0.25) is 14.2 Å². The number of primary amides is 1. The largest absolute Gasteiger partial charge is 0.366 e. The first-order valence-corrected chi connectivity index (χ1v) is 10.5. The molecule has 1 amide bonds. The number of carbonyl (C=O) groups is 1. The highest BCUT2D eigenvalue weighted by Crippen LogP contribution is 2.32. The average Bonchev–Trinajstić information content (AvgIpc) is 3.51. The normalized spacial score (nSPS) is 16.8. The Labute approximate surface area is 178 Å². The highest BCUT2D eigenvalue weighted by atomic mass is 16.1. The van der Waals surface area contributed by atoms with E-state index < -0.39 is 5.91 Å². The van der Waals surface area contributed by atoms with Crippen molar-refractivity contribution < 1.29 is 4.79 Å². The van der Waals surface area contributed by atoms with E-state index in [1.54, 1.807) is 6.07 Å². The van der Waals surface area contributed by atoms with Crippen molar-refractivity contribution in [2.24, 2.45) is 5.73 Å². The average molecular weight is 419 g/mol. The predicted molar refractivity (Wildman–Crippen MR) is 116 cm³/mol. The zero-order chi connectivity index (χ0) is 21.5. The van der Waals surface area contributed by atoms with E-state index in [1.165, 1.54) is 0 Å². The molecule has 0 aliphatic carbocycles. The van der Waals surface area contributed by atoms with Crippen LogP contribution >= 0.6 is 0 Å². The summed E-state index contributed by atoms with van der Waals surface area (Å²) in [6.07, 6.45) is 3.95. The fourth-order valence-corrected chi connectivity index (χ4v) is 4.29. The van der Waals surface area contributed by atoms with E-state index in [0.29, 0.717) is 17.2 Å². The van der Waals surface area contributed by atoms with Crippen LogP contribution in [0.25, 0.3) is 33.8 Å². The standard InChI is InChI=1S/C21H25N9O/c1-3-29-18(7-12(2)28-29)21-25-20(26-27-21)15-8-13(19(22)31)9-17-16(15)11-24-30(17)14-5-4-6-23-10-14/h7-9,11,14,23H,3-6,10H2,1-2H3,(H2,22,31)(H,25,26,27)/t14-/m0/s1. The molecule has 4 aromatic rings. The second-order valence-corrected chi connectivity index (χ2v) is 7.92. The first kappa shape index (κ1) is 19.4. The van der Waals surface area contributed by atoms with E-state index in [1.807, 2.05) is 41.5 Å². The third-order valence-corrected chi connectivity index (χ3v) is 5.80. The Morgan fingerprint density at radius 3 is 2.84 bits per heavy atom. The molecule has 1 aliphatic rings. The Morgan fingerprint density at radius 1 is 1.26 bits per heavy atom. The number of nitrogens with two attached hydrogens (primary N) is 1. The zero-order valence-corrected chi connectivity index (χ0v) is 17.6. The fourth-order valence-electron chi connectivity index (χ4n) is 4.29. The van der Waals surface area contributed by atoms with Crippen molar-refractivity contribution in [2.45, 2.75) is 39.3 Å². The van der Waals surface area contributed by atoms with Crippen molar-refractivity contribution in [2.75, 3.05) is 13.1 Å². The highest BCUT2D eigenvalue weighted by molar-refractivity contribution is 6.02. The van der Waals surface area contributed by atoms with Gasteiger partial charge in [-0.15, -0.1) is 10.2 Å². The van der Waals surface area contributed by atoms with Crippen LogP contribution < -0.4 is 11.1 Å². The van der Waals surface area contributed by atoms with Crippen molar-refractivity contribution in [1.29, 1.82) is 0 Å². The van der Waals surface area contributed by atoms with Crippen LogP contribution in [-0.2, 0) is 6.54 Å². The number of piperidine rings is 1. The molecule has 10 nitrogen and oxygen atoms in total. The number of H-pyrrole nitrogens is 1. The summed E-state index contributed by atoms with van der Waals surface area (Å²) >= 11 is 0. The second-order valence-electron chi connectivity index (χ2n) is 7.92. The van der Waals surface area contributed by atoms with Crippen LogP contribution in [0.5, 0.6) is 0 Å². The Balaban J connectivity index is 1.63. The number of amides is 1. The summed E-state index contributed by atoms with van der Waals surface area (Å²) < 4.78 is 3.87. The molecular formula is C21H25N9O. The van der Waals surface area contributed by atoms with E-state index in [9.17, 15) is 4.79 Å². The van der Waals surface area contributed by atoms with Gasteiger partial charge in [0.25, 0.3) is 0 Å². The van der Waals surface area contributed by atoms with Gasteiger partial charge < -0.3 is 16.0 Å². The lowest BCUT2D eigenvalue weighted by Crippen LogP contribution is -2.32. The molecule has 1 atom stereocenters. The van der Waals surface area contributed by atoms with Crippen molar-refractivity contribution in [3.8, 4) is 22.9 Å². The lowest BCUT2D eigenvalue weighted by atomic mass is 10.0.